The number of hydrogen-bond acceptors (Lipinski definition) is 3. The Morgan fingerprint density at radius 1 is 1.10 bits per heavy atom. The first-order valence-electron chi connectivity index (χ1n) is 6.52. The van der Waals surface area contributed by atoms with E-state index in [1.165, 1.54) is 12.1 Å². The highest BCUT2D eigenvalue weighted by molar-refractivity contribution is 5.55. The third kappa shape index (κ3) is 3.63. The van der Waals surface area contributed by atoms with E-state index in [1.54, 1.807) is 13.2 Å². The van der Waals surface area contributed by atoms with Crippen molar-refractivity contribution in [2.45, 2.75) is 13.5 Å². The fourth-order valence-electron chi connectivity index (χ4n) is 1.90. The Kier molecular flexibility index (Phi) is 4.82. The lowest BCUT2D eigenvalue weighted by molar-refractivity contribution is 0.311. The molecule has 0 heterocycles. The summed E-state index contributed by atoms with van der Waals surface area (Å²) < 4.78 is 23.8. The molecule has 0 radical (unpaired) electrons. The SMILES string of the molecule is CCOc1ccc(NCc2cccc(F)c2)cc1OC. The van der Waals surface area contributed by atoms with Crippen LogP contribution in [0.15, 0.2) is 42.5 Å². The van der Waals surface area contributed by atoms with Crippen molar-refractivity contribution in [3.8, 4) is 11.5 Å². The van der Waals surface area contributed by atoms with Crippen LogP contribution >= 0.6 is 0 Å². The van der Waals surface area contributed by atoms with Gasteiger partial charge in [0, 0.05) is 18.3 Å². The summed E-state index contributed by atoms with van der Waals surface area (Å²) >= 11 is 0. The van der Waals surface area contributed by atoms with Gasteiger partial charge in [0.25, 0.3) is 0 Å². The maximum atomic E-state index is 13.1. The van der Waals surface area contributed by atoms with Gasteiger partial charge < -0.3 is 14.8 Å². The predicted octanol–water partition coefficient (Wildman–Crippen LogP) is 3.85. The van der Waals surface area contributed by atoms with E-state index in [9.17, 15) is 4.39 Å². The number of anilines is 1. The molecule has 0 fully saturated rings. The maximum absolute atomic E-state index is 13.1. The molecule has 0 atom stereocenters. The van der Waals surface area contributed by atoms with Gasteiger partial charge in [-0.15, -0.1) is 0 Å². The van der Waals surface area contributed by atoms with Gasteiger partial charge in [-0.1, -0.05) is 12.1 Å². The summed E-state index contributed by atoms with van der Waals surface area (Å²) in [5.74, 6) is 1.16. The fraction of sp³-hybridized carbons (Fsp3) is 0.250. The van der Waals surface area contributed by atoms with E-state index >= 15 is 0 Å². The van der Waals surface area contributed by atoms with Gasteiger partial charge in [0.1, 0.15) is 5.82 Å². The van der Waals surface area contributed by atoms with E-state index in [1.807, 2.05) is 31.2 Å². The van der Waals surface area contributed by atoms with Gasteiger partial charge in [0.2, 0.25) is 0 Å². The molecular weight excluding hydrogens is 257 g/mol. The van der Waals surface area contributed by atoms with Gasteiger partial charge >= 0.3 is 0 Å². The number of nitrogens with one attached hydrogen (secondary N) is 1. The number of halogens is 1. The van der Waals surface area contributed by atoms with E-state index < -0.39 is 0 Å². The number of ether oxygens (including phenoxy) is 2. The van der Waals surface area contributed by atoms with Crippen LogP contribution in [-0.2, 0) is 6.54 Å². The number of hydrogen-bond donors (Lipinski definition) is 1. The van der Waals surface area contributed by atoms with Crippen LogP contribution in [0, 0.1) is 5.82 Å². The Labute approximate surface area is 118 Å². The van der Waals surface area contributed by atoms with Gasteiger partial charge in [-0.05, 0) is 36.8 Å². The van der Waals surface area contributed by atoms with Crippen LogP contribution in [-0.4, -0.2) is 13.7 Å². The van der Waals surface area contributed by atoms with Crippen molar-refractivity contribution in [1.82, 2.24) is 0 Å². The third-order valence-corrected chi connectivity index (χ3v) is 2.85. The van der Waals surface area contributed by atoms with E-state index in [-0.39, 0.29) is 5.82 Å². The van der Waals surface area contributed by atoms with Gasteiger partial charge in [-0.2, -0.15) is 0 Å². The second-order valence-electron chi connectivity index (χ2n) is 4.28. The average Bonchev–Trinajstić information content (AvgIpc) is 2.46. The molecule has 0 aliphatic rings. The first-order valence-corrected chi connectivity index (χ1v) is 6.52. The molecule has 2 rings (SSSR count). The van der Waals surface area contributed by atoms with Crippen LogP contribution < -0.4 is 14.8 Å². The summed E-state index contributed by atoms with van der Waals surface area (Å²) in [6, 6.07) is 12.2. The summed E-state index contributed by atoms with van der Waals surface area (Å²) in [6.45, 7) is 3.07. The van der Waals surface area contributed by atoms with E-state index in [4.69, 9.17) is 9.47 Å². The normalized spacial score (nSPS) is 10.2. The minimum absolute atomic E-state index is 0.228. The smallest absolute Gasteiger partial charge is 0.162 e. The zero-order valence-electron chi connectivity index (χ0n) is 11.7. The van der Waals surface area contributed by atoms with Gasteiger partial charge in [0.15, 0.2) is 11.5 Å². The predicted molar refractivity (Wildman–Crippen MR) is 77.9 cm³/mol. The summed E-state index contributed by atoms with van der Waals surface area (Å²) in [5.41, 5.74) is 1.78. The lowest BCUT2D eigenvalue weighted by Crippen LogP contribution is -2.01. The molecule has 0 unspecified atom stereocenters. The lowest BCUT2D eigenvalue weighted by atomic mass is 10.2. The molecular formula is C16H18FNO2. The molecule has 106 valence electrons. The summed E-state index contributed by atoms with van der Waals surface area (Å²) in [7, 11) is 1.61. The van der Waals surface area contributed by atoms with Crippen molar-refractivity contribution in [3.05, 3.63) is 53.8 Å². The molecule has 4 heteroatoms. The Bertz CT molecular complexity index is 572. The largest absolute Gasteiger partial charge is 0.493 e. The lowest BCUT2D eigenvalue weighted by Gasteiger charge is -2.12. The van der Waals surface area contributed by atoms with Gasteiger partial charge in [-0.3, -0.25) is 0 Å². The third-order valence-electron chi connectivity index (χ3n) is 2.85. The Hall–Kier alpha value is -2.23. The molecule has 2 aromatic rings. The monoisotopic (exact) mass is 275 g/mol. The second kappa shape index (κ2) is 6.80. The quantitative estimate of drug-likeness (QED) is 0.868. The topological polar surface area (TPSA) is 30.5 Å². The molecule has 20 heavy (non-hydrogen) atoms. The van der Waals surface area contributed by atoms with Gasteiger partial charge in [0.05, 0.1) is 13.7 Å². The Morgan fingerprint density at radius 2 is 1.95 bits per heavy atom. The molecule has 1 N–H and O–H groups in total. The zero-order chi connectivity index (χ0) is 14.4. The van der Waals surface area contributed by atoms with Crippen LogP contribution in [0.1, 0.15) is 12.5 Å². The molecule has 0 spiro atoms. The maximum Gasteiger partial charge on any atom is 0.162 e. The van der Waals surface area contributed by atoms with Crippen LogP contribution in [0.5, 0.6) is 11.5 Å². The van der Waals surface area contributed by atoms with Crippen LogP contribution in [0.25, 0.3) is 0 Å². The molecule has 0 aliphatic heterocycles. The first-order chi connectivity index (χ1) is 9.72. The van der Waals surface area contributed by atoms with E-state index in [0.29, 0.717) is 24.7 Å². The first kappa shape index (κ1) is 14.2. The highest BCUT2D eigenvalue weighted by Crippen LogP contribution is 2.30. The van der Waals surface area contributed by atoms with Crippen LogP contribution in [0.3, 0.4) is 0 Å². The highest BCUT2D eigenvalue weighted by atomic mass is 19.1. The molecule has 0 saturated heterocycles. The second-order valence-corrected chi connectivity index (χ2v) is 4.28. The van der Waals surface area contributed by atoms with Crippen molar-refractivity contribution in [3.63, 3.8) is 0 Å². The fourth-order valence-corrected chi connectivity index (χ4v) is 1.90. The van der Waals surface area contributed by atoms with Crippen molar-refractivity contribution < 1.29 is 13.9 Å². The van der Waals surface area contributed by atoms with Crippen LogP contribution in [0.4, 0.5) is 10.1 Å². The van der Waals surface area contributed by atoms with Crippen molar-refractivity contribution in [1.29, 1.82) is 0 Å². The van der Waals surface area contributed by atoms with Crippen LogP contribution in [0.2, 0.25) is 0 Å². The summed E-state index contributed by atoms with van der Waals surface area (Å²) in [5, 5.41) is 3.23. The van der Waals surface area contributed by atoms with Gasteiger partial charge in [-0.25, -0.2) is 4.39 Å². The van der Waals surface area contributed by atoms with E-state index in [0.717, 1.165) is 11.3 Å². The van der Waals surface area contributed by atoms with E-state index in [2.05, 4.69) is 5.32 Å². The minimum atomic E-state index is -0.228. The molecule has 3 nitrogen and oxygen atoms in total. The molecule has 0 aliphatic carbocycles. The highest BCUT2D eigenvalue weighted by Gasteiger charge is 2.05. The average molecular weight is 275 g/mol. The summed E-state index contributed by atoms with van der Waals surface area (Å²) in [6.07, 6.45) is 0. The Morgan fingerprint density at radius 3 is 2.65 bits per heavy atom. The zero-order valence-corrected chi connectivity index (χ0v) is 11.7. The number of benzene rings is 2. The minimum Gasteiger partial charge on any atom is -0.493 e. The Balaban J connectivity index is 2.06. The molecule has 0 amide bonds. The molecule has 0 saturated carbocycles. The molecule has 0 aromatic heterocycles. The standard InChI is InChI=1S/C16H18FNO2/c1-3-20-15-8-7-14(10-16(15)19-2)18-11-12-5-4-6-13(17)9-12/h4-10,18H,3,11H2,1-2H3. The van der Waals surface area contributed by atoms with Crippen molar-refractivity contribution in [2.75, 3.05) is 19.0 Å². The molecule has 0 bridgehead atoms. The number of methoxy groups -OCH3 is 1. The summed E-state index contributed by atoms with van der Waals surface area (Å²) in [4.78, 5) is 0. The van der Waals surface area contributed by atoms with Crippen molar-refractivity contribution >= 4 is 5.69 Å². The number of rotatable bonds is 6. The van der Waals surface area contributed by atoms with Crippen molar-refractivity contribution in [2.24, 2.45) is 0 Å². The molecule has 2 aromatic carbocycles.